The molecule has 0 atom stereocenters. The van der Waals surface area contributed by atoms with Crippen LogP contribution in [0.1, 0.15) is 55.6 Å². The molecule has 0 unspecified atom stereocenters. The van der Waals surface area contributed by atoms with E-state index in [1.165, 1.54) is 0 Å². The molecule has 19 heavy (non-hydrogen) atoms. The molecule has 0 aromatic heterocycles. The fourth-order valence-corrected chi connectivity index (χ4v) is 1.96. The largest absolute Gasteiger partial charge is 0.492 e. The van der Waals surface area contributed by atoms with Crippen molar-refractivity contribution in [2.24, 2.45) is 0 Å². The topological polar surface area (TPSA) is 35.5 Å². The van der Waals surface area contributed by atoms with Crippen LogP contribution in [0.4, 0.5) is 0 Å². The molecular weight excluding hydrogens is 240 g/mol. The van der Waals surface area contributed by atoms with E-state index in [1.54, 1.807) is 0 Å². The molecule has 0 fully saturated rings. The number of carbonyl (C=O) groups excluding carboxylic acids is 1. The van der Waals surface area contributed by atoms with Gasteiger partial charge in [0.25, 0.3) is 0 Å². The Labute approximate surface area is 115 Å². The summed E-state index contributed by atoms with van der Waals surface area (Å²) in [5.41, 5.74) is 2.78. The molecule has 0 amide bonds. The summed E-state index contributed by atoms with van der Waals surface area (Å²) < 4.78 is 10.9. The van der Waals surface area contributed by atoms with Gasteiger partial charge in [-0.3, -0.25) is 0 Å². The van der Waals surface area contributed by atoms with E-state index in [2.05, 4.69) is 26.8 Å². The first-order chi connectivity index (χ1) is 9.17. The molecule has 0 aliphatic carbocycles. The molecule has 106 valence electrons. The Bertz CT molecular complexity index is 424. The normalized spacial score (nSPS) is 10.3. The van der Waals surface area contributed by atoms with Crippen molar-refractivity contribution in [2.75, 3.05) is 13.2 Å². The molecule has 0 aliphatic rings. The summed E-state index contributed by atoms with van der Waals surface area (Å²) >= 11 is 0. The smallest absolute Gasteiger partial charge is 0.341 e. The van der Waals surface area contributed by atoms with Gasteiger partial charge in [-0.05, 0) is 43.4 Å². The zero-order valence-corrected chi connectivity index (χ0v) is 12.4. The van der Waals surface area contributed by atoms with Crippen LogP contribution in [0.15, 0.2) is 12.1 Å². The SMILES string of the molecule is CCCOc1c(CC)cc(CC)cc1C(=O)OCC. The van der Waals surface area contributed by atoms with E-state index in [1.807, 2.05) is 13.0 Å². The van der Waals surface area contributed by atoms with Crippen LogP contribution in [0.2, 0.25) is 0 Å². The Morgan fingerprint density at radius 2 is 1.84 bits per heavy atom. The fourth-order valence-electron chi connectivity index (χ4n) is 1.96. The molecule has 1 aromatic carbocycles. The Morgan fingerprint density at radius 3 is 2.37 bits per heavy atom. The minimum absolute atomic E-state index is 0.293. The maximum atomic E-state index is 12.1. The van der Waals surface area contributed by atoms with Gasteiger partial charge in [-0.15, -0.1) is 0 Å². The summed E-state index contributed by atoms with van der Waals surface area (Å²) in [6, 6.07) is 4.01. The number of esters is 1. The van der Waals surface area contributed by atoms with Gasteiger partial charge in [0.15, 0.2) is 0 Å². The third-order valence-corrected chi connectivity index (χ3v) is 2.96. The first-order valence-electron chi connectivity index (χ1n) is 7.13. The van der Waals surface area contributed by atoms with Crippen LogP contribution in [-0.2, 0) is 17.6 Å². The molecule has 1 rings (SSSR count). The number of hydrogen-bond acceptors (Lipinski definition) is 3. The van der Waals surface area contributed by atoms with Gasteiger partial charge >= 0.3 is 5.97 Å². The number of ether oxygens (including phenoxy) is 2. The zero-order chi connectivity index (χ0) is 14.3. The van der Waals surface area contributed by atoms with E-state index >= 15 is 0 Å². The van der Waals surface area contributed by atoms with Gasteiger partial charge in [0.1, 0.15) is 11.3 Å². The van der Waals surface area contributed by atoms with Gasteiger partial charge in [0.05, 0.1) is 13.2 Å². The van der Waals surface area contributed by atoms with Crippen molar-refractivity contribution >= 4 is 5.97 Å². The summed E-state index contributed by atoms with van der Waals surface area (Å²) in [4.78, 5) is 12.1. The van der Waals surface area contributed by atoms with Gasteiger partial charge in [0.2, 0.25) is 0 Å². The molecule has 3 nitrogen and oxygen atoms in total. The molecule has 0 N–H and O–H groups in total. The fraction of sp³-hybridized carbons (Fsp3) is 0.562. The van der Waals surface area contributed by atoms with Crippen molar-refractivity contribution in [2.45, 2.75) is 47.0 Å². The van der Waals surface area contributed by atoms with Crippen LogP contribution < -0.4 is 4.74 Å². The van der Waals surface area contributed by atoms with Crippen molar-refractivity contribution in [1.82, 2.24) is 0 Å². The first kappa shape index (κ1) is 15.5. The quantitative estimate of drug-likeness (QED) is 0.703. The molecule has 0 spiro atoms. The van der Waals surface area contributed by atoms with Crippen molar-refractivity contribution < 1.29 is 14.3 Å². The van der Waals surface area contributed by atoms with E-state index in [-0.39, 0.29) is 5.97 Å². The maximum absolute atomic E-state index is 12.1. The van der Waals surface area contributed by atoms with Crippen molar-refractivity contribution in [3.05, 3.63) is 28.8 Å². The summed E-state index contributed by atoms with van der Waals surface area (Å²) in [5.74, 6) is 0.401. The molecule has 0 aliphatic heterocycles. The summed E-state index contributed by atoms with van der Waals surface area (Å²) in [6.45, 7) is 9.01. The van der Waals surface area contributed by atoms with Crippen LogP contribution >= 0.6 is 0 Å². The Kier molecular flexibility index (Phi) is 6.40. The Morgan fingerprint density at radius 1 is 1.11 bits per heavy atom. The molecule has 1 aromatic rings. The molecule has 3 heteroatoms. The van der Waals surface area contributed by atoms with Crippen LogP contribution in [0.5, 0.6) is 5.75 Å². The molecule has 0 heterocycles. The van der Waals surface area contributed by atoms with E-state index < -0.39 is 0 Å². The second-order valence-electron chi connectivity index (χ2n) is 4.41. The third-order valence-electron chi connectivity index (χ3n) is 2.96. The van der Waals surface area contributed by atoms with Gasteiger partial charge in [-0.2, -0.15) is 0 Å². The van der Waals surface area contributed by atoms with Crippen molar-refractivity contribution in [3.8, 4) is 5.75 Å². The van der Waals surface area contributed by atoms with E-state index in [9.17, 15) is 4.79 Å². The lowest BCUT2D eigenvalue weighted by Gasteiger charge is -2.16. The van der Waals surface area contributed by atoms with Crippen molar-refractivity contribution in [3.63, 3.8) is 0 Å². The number of rotatable bonds is 7. The lowest BCUT2D eigenvalue weighted by Crippen LogP contribution is -2.11. The number of aryl methyl sites for hydroxylation is 2. The van der Waals surface area contributed by atoms with E-state index in [0.717, 1.165) is 30.4 Å². The molecule has 0 bridgehead atoms. The summed E-state index contributed by atoms with van der Waals surface area (Å²) in [6.07, 6.45) is 2.66. The monoisotopic (exact) mass is 264 g/mol. The van der Waals surface area contributed by atoms with Gasteiger partial charge in [-0.25, -0.2) is 4.79 Å². The van der Waals surface area contributed by atoms with E-state index in [0.29, 0.717) is 24.5 Å². The zero-order valence-electron chi connectivity index (χ0n) is 12.4. The number of hydrogen-bond donors (Lipinski definition) is 0. The number of benzene rings is 1. The molecule has 0 saturated carbocycles. The highest BCUT2D eigenvalue weighted by Gasteiger charge is 2.18. The van der Waals surface area contributed by atoms with Crippen LogP contribution in [0.3, 0.4) is 0 Å². The Hall–Kier alpha value is -1.51. The average molecular weight is 264 g/mol. The lowest BCUT2D eigenvalue weighted by atomic mass is 10.0. The van der Waals surface area contributed by atoms with Gasteiger partial charge in [0, 0.05) is 0 Å². The second kappa shape index (κ2) is 7.82. The lowest BCUT2D eigenvalue weighted by molar-refractivity contribution is 0.0521. The molecule has 0 saturated heterocycles. The average Bonchev–Trinajstić information content (AvgIpc) is 2.44. The predicted octanol–water partition coefficient (Wildman–Crippen LogP) is 3.78. The van der Waals surface area contributed by atoms with Crippen LogP contribution in [0.25, 0.3) is 0 Å². The highest BCUT2D eigenvalue weighted by atomic mass is 16.5. The standard InChI is InChI=1S/C16H24O3/c1-5-9-19-15-13(7-3)10-12(6-2)11-14(15)16(17)18-8-4/h10-11H,5-9H2,1-4H3. The third kappa shape index (κ3) is 3.98. The van der Waals surface area contributed by atoms with Crippen LogP contribution in [0, 0.1) is 0 Å². The molecular formula is C16H24O3. The van der Waals surface area contributed by atoms with E-state index in [4.69, 9.17) is 9.47 Å². The predicted molar refractivity (Wildman–Crippen MR) is 76.9 cm³/mol. The van der Waals surface area contributed by atoms with Crippen LogP contribution in [-0.4, -0.2) is 19.2 Å². The molecule has 0 radical (unpaired) electrons. The maximum Gasteiger partial charge on any atom is 0.341 e. The van der Waals surface area contributed by atoms with Gasteiger partial charge in [-0.1, -0.05) is 26.8 Å². The first-order valence-corrected chi connectivity index (χ1v) is 7.13. The summed E-state index contributed by atoms with van der Waals surface area (Å²) in [5, 5.41) is 0. The minimum Gasteiger partial charge on any atom is -0.492 e. The summed E-state index contributed by atoms with van der Waals surface area (Å²) in [7, 11) is 0. The Balaban J connectivity index is 3.24. The second-order valence-corrected chi connectivity index (χ2v) is 4.41. The van der Waals surface area contributed by atoms with Crippen molar-refractivity contribution in [1.29, 1.82) is 0 Å². The number of carbonyl (C=O) groups is 1. The highest BCUT2D eigenvalue weighted by molar-refractivity contribution is 5.93. The van der Waals surface area contributed by atoms with Gasteiger partial charge < -0.3 is 9.47 Å². The highest BCUT2D eigenvalue weighted by Crippen LogP contribution is 2.28. The minimum atomic E-state index is -0.293.